The van der Waals surface area contributed by atoms with E-state index in [1.807, 2.05) is 23.1 Å². The lowest BCUT2D eigenvalue weighted by Gasteiger charge is -2.37. The van der Waals surface area contributed by atoms with Gasteiger partial charge in [-0.15, -0.1) is 0 Å². The summed E-state index contributed by atoms with van der Waals surface area (Å²) in [7, 11) is 0. The number of anilines is 1. The average Bonchev–Trinajstić information content (AvgIpc) is 2.73. The van der Waals surface area contributed by atoms with E-state index in [4.69, 9.17) is 4.98 Å². The van der Waals surface area contributed by atoms with Gasteiger partial charge in [-0.2, -0.15) is 0 Å². The Morgan fingerprint density at radius 1 is 0.923 bits per heavy atom. The Balaban J connectivity index is 1.49. The summed E-state index contributed by atoms with van der Waals surface area (Å²) in [6.07, 6.45) is 0. The fraction of sp³-hybridized carbons (Fsp3) is 0.227. The van der Waals surface area contributed by atoms with Crippen molar-refractivity contribution in [1.29, 1.82) is 0 Å². The van der Waals surface area contributed by atoms with Crippen molar-refractivity contribution in [3.8, 4) is 11.3 Å². The Hall–Kier alpha value is -2.88. The summed E-state index contributed by atoms with van der Waals surface area (Å²) < 4.78 is 12.7. The number of alkyl halides is 1. The van der Waals surface area contributed by atoms with E-state index in [1.165, 1.54) is 5.69 Å². The Morgan fingerprint density at radius 2 is 1.65 bits per heavy atom. The summed E-state index contributed by atoms with van der Waals surface area (Å²) in [5, 5.41) is 1.15. The number of aromatic nitrogens is 1. The summed E-state index contributed by atoms with van der Waals surface area (Å²) in [5.41, 5.74) is 4.89. The molecule has 1 saturated heterocycles. The largest absolute Gasteiger partial charge is 0.370 e. The zero-order chi connectivity index (χ0) is 17.9. The average molecular weight is 347 g/mol. The Labute approximate surface area is 153 Å². The van der Waals surface area contributed by atoms with E-state index in [1.54, 1.807) is 0 Å². The summed E-state index contributed by atoms with van der Waals surface area (Å²) in [5.74, 6) is 0. The maximum Gasteiger partial charge on any atom is 0.128 e. The van der Waals surface area contributed by atoms with Gasteiger partial charge in [-0.3, -0.25) is 0 Å². The molecule has 1 fully saturated rings. The molecule has 4 heteroatoms. The van der Waals surface area contributed by atoms with Crippen LogP contribution in [0.2, 0.25) is 0 Å². The van der Waals surface area contributed by atoms with E-state index >= 15 is 0 Å². The van der Waals surface area contributed by atoms with Gasteiger partial charge in [0.25, 0.3) is 0 Å². The van der Waals surface area contributed by atoms with Crippen LogP contribution in [0.4, 0.5) is 10.1 Å². The van der Waals surface area contributed by atoms with Gasteiger partial charge >= 0.3 is 0 Å². The van der Waals surface area contributed by atoms with Gasteiger partial charge in [0.2, 0.25) is 0 Å². The molecule has 0 N–H and O–H groups in total. The SMILES string of the molecule is C=C(CF)N1CCN(c2ccc(-c3ccc4ccccc4n3)cc2)CC1. The molecule has 0 saturated carbocycles. The Morgan fingerprint density at radius 3 is 2.38 bits per heavy atom. The standard InChI is InChI=1S/C22H22FN3/c1-17(16-23)25-12-14-26(15-13-25)20-9-6-19(7-10-20)22-11-8-18-4-2-3-5-21(18)24-22/h2-11H,1,12-16H2. The van der Waals surface area contributed by atoms with Gasteiger partial charge in [0.15, 0.2) is 0 Å². The molecule has 2 aromatic carbocycles. The highest BCUT2D eigenvalue weighted by Crippen LogP contribution is 2.25. The van der Waals surface area contributed by atoms with Gasteiger partial charge in [0, 0.05) is 48.5 Å². The minimum absolute atomic E-state index is 0.465. The first-order valence-corrected chi connectivity index (χ1v) is 8.94. The van der Waals surface area contributed by atoms with E-state index < -0.39 is 6.67 Å². The lowest BCUT2D eigenvalue weighted by atomic mass is 10.1. The van der Waals surface area contributed by atoms with Crippen LogP contribution in [0.5, 0.6) is 0 Å². The van der Waals surface area contributed by atoms with Crippen molar-refractivity contribution < 1.29 is 4.39 Å². The van der Waals surface area contributed by atoms with Crippen molar-refractivity contribution in [3.63, 3.8) is 0 Å². The van der Waals surface area contributed by atoms with Gasteiger partial charge in [-0.1, -0.05) is 43.0 Å². The molecule has 0 spiro atoms. The maximum absolute atomic E-state index is 12.7. The third-order valence-electron chi connectivity index (χ3n) is 5.01. The van der Waals surface area contributed by atoms with E-state index in [0.717, 1.165) is 48.3 Å². The molecule has 26 heavy (non-hydrogen) atoms. The smallest absolute Gasteiger partial charge is 0.128 e. The minimum Gasteiger partial charge on any atom is -0.370 e. The molecule has 1 aliphatic heterocycles. The van der Waals surface area contributed by atoms with Crippen LogP contribution >= 0.6 is 0 Å². The molecular weight excluding hydrogens is 325 g/mol. The van der Waals surface area contributed by atoms with Crippen LogP contribution < -0.4 is 4.90 Å². The molecule has 0 unspecified atom stereocenters. The van der Waals surface area contributed by atoms with Crippen LogP contribution in [0.15, 0.2) is 72.9 Å². The van der Waals surface area contributed by atoms with Crippen LogP contribution in [-0.2, 0) is 0 Å². The van der Waals surface area contributed by atoms with Gasteiger partial charge < -0.3 is 9.80 Å². The van der Waals surface area contributed by atoms with Crippen LogP contribution in [0.25, 0.3) is 22.2 Å². The number of benzene rings is 2. The number of nitrogens with zero attached hydrogens (tertiary/aromatic N) is 3. The summed E-state index contributed by atoms with van der Waals surface area (Å²) >= 11 is 0. The lowest BCUT2D eigenvalue weighted by molar-refractivity contribution is 0.295. The first kappa shape index (κ1) is 16.6. The van der Waals surface area contributed by atoms with E-state index in [2.05, 4.69) is 53.9 Å². The molecule has 0 bridgehead atoms. The minimum atomic E-state index is -0.465. The number of allylic oxidation sites excluding steroid dienone is 1. The van der Waals surface area contributed by atoms with E-state index in [-0.39, 0.29) is 0 Å². The molecule has 0 amide bonds. The molecule has 132 valence electrons. The van der Waals surface area contributed by atoms with Crippen molar-refractivity contribution in [2.45, 2.75) is 0 Å². The zero-order valence-electron chi connectivity index (χ0n) is 14.7. The molecule has 0 aliphatic carbocycles. The molecule has 3 aromatic rings. The second-order valence-corrected chi connectivity index (χ2v) is 6.61. The molecule has 0 radical (unpaired) electrons. The predicted molar refractivity (Wildman–Crippen MR) is 106 cm³/mol. The number of fused-ring (bicyclic) bond motifs is 1. The number of halogens is 1. The van der Waals surface area contributed by atoms with Crippen molar-refractivity contribution in [2.24, 2.45) is 0 Å². The fourth-order valence-corrected chi connectivity index (χ4v) is 3.44. The van der Waals surface area contributed by atoms with Crippen LogP contribution in [0.3, 0.4) is 0 Å². The topological polar surface area (TPSA) is 19.4 Å². The normalized spacial score (nSPS) is 14.7. The van der Waals surface area contributed by atoms with Crippen LogP contribution in [0.1, 0.15) is 0 Å². The first-order valence-electron chi connectivity index (χ1n) is 8.94. The molecular formula is C22H22FN3. The van der Waals surface area contributed by atoms with Crippen molar-refractivity contribution in [2.75, 3.05) is 37.8 Å². The summed E-state index contributed by atoms with van der Waals surface area (Å²) in [6, 6.07) is 20.9. The molecule has 0 atom stereocenters. The van der Waals surface area contributed by atoms with Gasteiger partial charge in [0.05, 0.1) is 11.2 Å². The molecule has 2 heterocycles. The highest BCUT2D eigenvalue weighted by Gasteiger charge is 2.18. The fourth-order valence-electron chi connectivity index (χ4n) is 3.44. The predicted octanol–water partition coefficient (Wildman–Crippen LogP) is 4.51. The Kier molecular flexibility index (Phi) is 4.57. The number of rotatable bonds is 4. The second-order valence-electron chi connectivity index (χ2n) is 6.61. The molecule has 1 aromatic heterocycles. The zero-order valence-corrected chi connectivity index (χ0v) is 14.7. The van der Waals surface area contributed by atoms with Gasteiger partial charge in [-0.05, 0) is 24.3 Å². The molecule has 1 aliphatic rings. The van der Waals surface area contributed by atoms with Crippen LogP contribution in [-0.4, -0.2) is 42.7 Å². The van der Waals surface area contributed by atoms with Crippen LogP contribution in [0, 0.1) is 0 Å². The number of piperazine rings is 1. The summed E-state index contributed by atoms with van der Waals surface area (Å²) in [6.45, 7) is 6.72. The second kappa shape index (κ2) is 7.16. The first-order chi connectivity index (χ1) is 12.7. The van der Waals surface area contributed by atoms with Gasteiger partial charge in [0.1, 0.15) is 6.67 Å². The summed E-state index contributed by atoms with van der Waals surface area (Å²) in [4.78, 5) is 9.13. The highest BCUT2D eigenvalue weighted by atomic mass is 19.1. The number of hydrogen-bond donors (Lipinski definition) is 0. The Bertz CT molecular complexity index is 912. The molecule has 3 nitrogen and oxygen atoms in total. The number of para-hydroxylation sites is 1. The third-order valence-corrected chi connectivity index (χ3v) is 5.01. The quantitative estimate of drug-likeness (QED) is 0.692. The highest BCUT2D eigenvalue weighted by molar-refractivity contribution is 5.81. The molecule has 4 rings (SSSR count). The number of hydrogen-bond acceptors (Lipinski definition) is 3. The van der Waals surface area contributed by atoms with Gasteiger partial charge in [-0.25, -0.2) is 9.37 Å². The lowest BCUT2D eigenvalue weighted by Crippen LogP contribution is -2.46. The van der Waals surface area contributed by atoms with Crippen molar-refractivity contribution >= 4 is 16.6 Å². The maximum atomic E-state index is 12.7. The van der Waals surface area contributed by atoms with E-state index in [0.29, 0.717) is 5.70 Å². The van der Waals surface area contributed by atoms with Crippen molar-refractivity contribution in [3.05, 3.63) is 72.9 Å². The third kappa shape index (κ3) is 3.27. The van der Waals surface area contributed by atoms with Crippen molar-refractivity contribution in [1.82, 2.24) is 9.88 Å². The number of pyridine rings is 1. The van der Waals surface area contributed by atoms with E-state index in [9.17, 15) is 4.39 Å². The monoisotopic (exact) mass is 347 g/mol.